The normalized spacial score (nSPS) is 15.5. The molecule has 0 saturated carbocycles. The Morgan fingerprint density at radius 3 is 2.36 bits per heavy atom. The van der Waals surface area contributed by atoms with Gasteiger partial charge in [-0.25, -0.2) is 9.59 Å². The summed E-state index contributed by atoms with van der Waals surface area (Å²) in [5, 5.41) is 0. The Kier molecular flexibility index (Phi) is 7.17. The van der Waals surface area contributed by atoms with Crippen molar-refractivity contribution in [2.24, 2.45) is 0 Å². The van der Waals surface area contributed by atoms with Crippen molar-refractivity contribution in [3.8, 4) is 16.9 Å². The second-order valence-corrected chi connectivity index (χ2v) is 9.98. The smallest absolute Gasteiger partial charge is 0.457 e. The van der Waals surface area contributed by atoms with Crippen molar-refractivity contribution in [3.63, 3.8) is 0 Å². The third-order valence-corrected chi connectivity index (χ3v) is 5.50. The fourth-order valence-corrected chi connectivity index (χ4v) is 3.99. The summed E-state index contributed by atoms with van der Waals surface area (Å²) >= 11 is 0. The predicted molar refractivity (Wildman–Crippen MR) is 131 cm³/mol. The summed E-state index contributed by atoms with van der Waals surface area (Å²) < 4.78 is 54.8. The number of esters is 1. The number of anilines is 1. The monoisotopic (exact) mass is 505 g/mol. The topological polar surface area (TPSA) is 65.1 Å². The highest BCUT2D eigenvalue weighted by molar-refractivity contribution is 5.94. The number of nitrogens with zero attached hydrogens (tertiary/aromatic N) is 1. The van der Waals surface area contributed by atoms with Crippen LogP contribution >= 0.6 is 0 Å². The van der Waals surface area contributed by atoms with E-state index in [1.54, 1.807) is 60.6 Å². The molecular formula is C27H30F3NO5. The van der Waals surface area contributed by atoms with Gasteiger partial charge in [0.05, 0.1) is 5.69 Å². The largest absolute Gasteiger partial charge is 0.573 e. The number of hydrogen-bond donors (Lipinski definition) is 0. The van der Waals surface area contributed by atoms with E-state index in [4.69, 9.17) is 9.47 Å². The van der Waals surface area contributed by atoms with Crippen LogP contribution in [0.15, 0.2) is 36.4 Å². The summed E-state index contributed by atoms with van der Waals surface area (Å²) in [5.41, 5.74) is 1.43. The van der Waals surface area contributed by atoms with Crippen molar-refractivity contribution in [3.05, 3.63) is 53.1 Å². The molecule has 0 saturated heterocycles. The highest BCUT2D eigenvalue weighted by Gasteiger charge is 2.39. The second-order valence-electron chi connectivity index (χ2n) is 9.98. The fourth-order valence-electron chi connectivity index (χ4n) is 3.99. The molecule has 2 aromatic carbocycles. The van der Waals surface area contributed by atoms with Crippen LogP contribution in [-0.4, -0.2) is 30.6 Å². The zero-order valence-electron chi connectivity index (χ0n) is 21.4. The van der Waals surface area contributed by atoms with Crippen molar-refractivity contribution in [1.29, 1.82) is 0 Å². The Bertz CT molecular complexity index is 1210. The number of cyclic esters (lactones) is 1. The average Bonchev–Trinajstić information content (AvgIpc) is 2.71. The second kappa shape index (κ2) is 9.52. The fraction of sp³-hybridized carbons (Fsp3) is 0.407. The van der Waals surface area contributed by atoms with E-state index in [2.05, 4.69) is 4.74 Å². The minimum Gasteiger partial charge on any atom is -0.457 e. The van der Waals surface area contributed by atoms with Crippen LogP contribution in [0, 0.1) is 6.92 Å². The van der Waals surface area contributed by atoms with Crippen molar-refractivity contribution in [2.45, 2.75) is 66.0 Å². The van der Waals surface area contributed by atoms with Gasteiger partial charge in [-0.1, -0.05) is 6.07 Å². The van der Waals surface area contributed by atoms with E-state index in [0.29, 0.717) is 28.9 Å². The predicted octanol–water partition coefficient (Wildman–Crippen LogP) is 7.13. The van der Waals surface area contributed by atoms with Crippen molar-refractivity contribution >= 4 is 23.8 Å². The van der Waals surface area contributed by atoms with Crippen LogP contribution in [0.5, 0.6) is 5.75 Å². The van der Waals surface area contributed by atoms with Gasteiger partial charge < -0.3 is 14.2 Å². The molecule has 0 aliphatic carbocycles. The van der Waals surface area contributed by atoms with Gasteiger partial charge in [-0.05, 0) is 95.5 Å². The number of fused-ring (bicyclic) bond motifs is 1. The Balaban J connectivity index is 2.16. The lowest BCUT2D eigenvalue weighted by Crippen LogP contribution is -2.43. The van der Waals surface area contributed by atoms with Crippen LogP contribution < -0.4 is 9.64 Å². The summed E-state index contributed by atoms with van der Waals surface area (Å²) in [4.78, 5) is 26.1. The first-order chi connectivity index (χ1) is 16.5. The maximum absolute atomic E-state index is 13.2. The van der Waals surface area contributed by atoms with Gasteiger partial charge in [0.2, 0.25) is 0 Å². The number of halogens is 3. The highest BCUT2D eigenvalue weighted by Crippen LogP contribution is 2.44. The number of carbonyl (C=O) groups is 2. The molecule has 1 heterocycles. The molecule has 3 rings (SSSR count). The molecule has 0 aromatic heterocycles. The third-order valence-electron chi connectivity index (χ3n) is 5.50. The van der Waals surface area contributed by atoms with E-state index in [1.165, 1.54) is 35.3 Å². The van der Waals surface area contributed by atoms with Gasteiger partial charge in [0.15, 0.2) is 0 Å². The Morgan fingerprint density at radius 2 is 1.78 bits per heavy atom. The number of hydrogen-bond acceptors (Lipinski definition) is 5. The van der Waals surface area contributed by atoms with Crippen LogP contribution in [-0.2, 0) is 19.9 Å². The standard InChI is InChI=1S/C27H30F3NO5/c1-8-31-21-15-18(16(2)13-20(21)26(6,7)36-24(31)33)19-14-17(9-11-22(19)34-27(28,29)30)10-12-23(32)35-25(3,4)5/h9-15H,8H2,1-7H3/b12-10+. The molecular weight excluding hydrogens is 475 g/mol. The summed E-state index contributed by atoms with van der Waals surface area (Å²) in [6, 6.07) is 7.60. The summed E-state index contributed by atoms with van der Waals surface area (Å²) in [6.45, 7) is 12.6. The molecule has 9 heteroatoms. The minimum atomic E-state index is -4.91. The van der Waals surface area contributed by atoms with Crippen LogP contribution in [0.25, 0.3) is 17.2 Å². The van der Waals surface area contributed by atoms with Gasteiger partial charge in [-0.15, -0.1) is 13.2 Å². The van der Waals surface area contributed by atoms with Crippen LogP contribution in [0.1, 0.15) is 58.2 Å². The maximum atomic E-state index is 13.2. The lowest BCUT2D eigenvalue weighted by molar-refractivity contribution is -0.274. The van der Waals surface area contributed by atoms with Gasteiger partial charge >= 0.3 is 18.4 Å². The molecule has 0 fully saturated rings. The van der Waals surface area contributed by atoms with E-state index < -0.39 is 35.4 Å². The molecule has 0 bridgehead atoms. The van der Waals surface area contributed by atoms with Gasteiger partial charge in [-0.3, -0.25) is 4.90 Å². The van der Waals surface area contributed by atoms with E-state index >= 15 is 0 Å². The number of ether oxygens (including phenoxy) is 3. The quantitative estimate of drug-likeness (QED) is 0.320. The number of rotatable bonds is 5. The number of benzene rings is 2. The molecule has 0 N–H and O–H groups in total. The number of carbonyl (C=O) groups excluding carboxylic acids is 2. The summed E-state index contributed by atoms with van der Waals surface area (Å²) in [6.07, 6.45) is -2.77. The molecule has 6 nitrogen and oxygen atoms in total. The number of alkyl halides is 3. The van der Waals surface area contributed by atoms with E-state index in [0.717, 1.165) is 5.56 Å². The average molecular weight is 506 g/mol. The van der Waals surface area contributed by atoms with Gasteiger partial charge in [0, 0.05) is 23.7 Å². The molecule has 194 valence electrons. The van der Waals surface area contributed by atoms with Crippen LogP contribution in [0.4, 0.5) is 23.7 Å². The van der Waals surface area contributed by atoms with Crippen molar-refractivity contribution in [1.82, 2.24) is 0 Å². The molecule has 2 aromatic rings. The molecule has 36 heavy (non-hydrogen) atoms. The molecule has 1 aliphatic rings. The Morgan fingerprint density at radius 1 is 1.11 bits per heavy atom. The van der Waals surface area contributed by atoms with Crippen molar-refractivity contribution in [2.75, 3.05) is 11.4 Å². The van der Waals surface area contributed by atoms with Gasteiger partial charge in [0.1, 0.15) is 17.0 Å². The lowest BCUT2D eigenvalue weighted by Gasteiger charge is -2.38. The molecule has 1 amide bonds. The van der Waals surface area contributed by atoms with Crippen LogP contribution in [0.2, 0.25) is 0 Å². The first-order valence-corrected chi connectivity index (χ1v) is 11.5. The summed E-state index contributed by atoms with van der Waals surface area (Å²) in [7, 11) is 0. The lowest BCUT2D eigenvalue weighted by atomic mass is 9.88. The third kappa shape index (κ3) is 6.19. The molecule has 0 spiro atoms. The summed E-state index contributed by atoms with van der Waals surface area (Å²) in [5.74, 6) is -0.982. The first kappa shape index (κ1) is 27.1. The maximum Gasteiger partial charge on any atom is 0.573 e. The first-order valence-electron chi connectivity index (χ1n) is 11.5. The molecule has 0 radical (unpaired) electrons. The zero-order valence-corrected chi connectivity index (χ0v) is 21.4. The molecule has 0 atom stereocenters. The Labute approximate surface area is 208 Å². The molecule has 0 unspecified atom stereocenters. The highest BCUT2D eigenvalue weighted by atomic mass is 19.4. The van der Waals surface area contributed by atoms with E-state index in [9.17, 15) is 22.8 Å². The van der Waals surface area contributed by atoms with Crippen molar-refractivity contribution < 1.29 is 37.0 Å². The van der Waals surface area contributed by atoms with Crippen LogP contribution in [0.3, 0.4) is 0 Å². The van der Waals surface area contributed by atoms with E-state index in [1.807, 2.05) is 0 Å². The van der Waals surface area contributed by atoms with E-state index in [-0.39, 0.29) is 5.56 Å². The minimum absolute atomic E-state index is 0.159. The van der Waals surface area contributed by atoms with Gasteiger partial charge in [-0.2, -0.15) is 0 Å². The molecule has 1 aliphatic heterocycles. The van der Waals surface area contributed by atoms with Gasteiger partial charge in [0.25, 0.3) is 0 Å². The zero-order chi connectivity index (χ0) is 27.1. The number of aryl methyl sites for hydroxylation is 1. The SMILES string of the molecule is CCN1C(=O)OC(C)(C)c2cc(C)c(-c3cc(/C=C/C(=O)OC(C)(C)C)ccc3OC(F)(F)F)cc21. The Hall–Kier alpha value is -3.49. The number of amides is 1.